The van der Waals surface area contributed by atoms with Gasteiger partial charge in [0.1, 0.15) is 6.29 Å². The van der Waals surface area contributed by atoms with Gasteiger partial charge < -0.3 is 15.4 Å². The summed E-state index contributed by atoms with van der Waals surface area (Å²) in [6.45, 7) is -0.0562. The second-order valence-corrected chi connectivity index (χ2v) is 8.02. The Balaban J connectivity index is 2.17. The number of nitrogens with one attached hydrogen (secondary N) is 2. The Morgan fingerprint density at radius 1 is 1.20 bits per heavy atom. The molecule has 6 nitrogen and oxygen atoms in total. The maximum absolute atomic E-state index is 12.2. The van der Waals surface area contributed by atoms with Gasteiger partial charge in [0.25, 0.3) is 0 Å². The summed E-state index contributed by atoms with van der Waals surface area (Å²) in [6.07, 6.45) is 6.24. The number of hydrogen-bond donors (Lipinski definition) is 2. The fraction of sp³-hybridized carbons (Fsp3) is 0.846. The molecule has 0 aromatic carbocycles. The van der Waals surface area contributed by atoms with Crippen molar-refractivity contribution in [1.82, 2.24) is 10.6 Å². The van der Waals surface area contributed by atoms with E-state index in [1.54, 1.807) is 0 Å². The molecule has 2 fully saturated rings. The number of sulfone groups is 1. The predicted octanol–water partition coefficient (Wildman–Crippen LogP) is 0.765. The smallest absolute Gasteiger partial charge is 0.315 e. The fourth-order valence-corrected chi connectivity index (χ4v) is 5.89. The number of carbonyl (C=O) groups is 2. The monoisotopic (exact) mass is 302 g/mol. The van der Waals surface area contributed by atoms with Crippen LogP contribution in [0.25, 0.3) is 0 Å². The lowest BCUT2D eigenvalue weighted by atomic mass is 9.78. The first-order valence-electron chi connectivity index (χ1n) is 7.21. The van der Waals surface area contributed by atoms with Crippen LogP contribution in [-0.4, -0.2) is 43.8 Å². The van der Waals surface area contributed by atoms with Crippen molar-refractivity contribution in [2.75, 3.05) is 12.3 Å². The highest BCUT2D eigenvalue weighted by atomic mass is 32.2. The average Bonchev–Trinajstić information content (AvgIpc) is 2.77. The molecule has 1 saturated carbocycles. The molecule has 0 aromatic heterocycles. The third-order valence-corrected chi connectivity index (χ3v) is 6.81. The summed E-state index contributed by atoms with van der Waals surface area (Å²) < 4.78 is 24.5. The fourth-order valence-electron chi connectivity index (χ4n) is 3.53. The van der Waals surface area contributed by atoms with E-state index in [0.717, 1.165) is 19.3 Å². The van der Waals surface area contributed by atoms with Gasteiger partial charge in [-0.2, -0.15) is 0 Å². The van der Waals surface area contributed by atoms with E-state index in [9.17, 15) is 18.0 Å². The van der Waals surface area contributed by atoms with Crippen LogP contribution in [0.3, 0.4) is 0 Å². The molecule has 1 heterocycles. The lowest BCUT2D eigenvalue weighted by Gasteiger charge is -2.42. The molecule has 2 rings (SSSR count). The zero-order valence-corrected chi connectivity index (χ0v) is 12.4. The van der Waals surface area contributed by atoms with Gasteiger partial charge in [0.05, 0.1) is 23.1 Å². The van der Waals surface area contributed by atoms with Crippen LogP contribution in [0.2, 0.25) is 0 Å². The zero-order valence-electron chi connectivity index (χ0n) is 11.6. The van der Waals surface area contributed by atoms with Crippen LogP contribution >= 0.6 is 0 Å². The van der Waals surface area contributed by atoms with Crippen molar-refractivity contribution in [2.45, 2.75) is 55.7 Å². The lowest BCUT2D eigenvalue weighted by Crippen LogP contribution is -2.61. The van der Waals surface area contributed by atoms with Gasteiger partial charge in [-0.15, -0.1) is 0 Å². The number of hydrogen-bond acceptors (Lipinski definition) is 4. The molecule has 2 aliphatic rings. The van der Waals surface area contributed by atoms with Crippen molar-refractivity contribution in [3.8, 4) is 0 Å². The van der Waals surface area contributed by atoms with Crippen LogP contribution in [-0.2, 0) is 14.6 Å². The van der Waals surface area contributed by atoms with Gasteiger partial charge in [0.15, 0.2) is 9.84 Å². The standard InChI is InChI=1S/C13H22N2O4S/c16-9-8-14-12(17)15-13(6-2-1-3-7-13)11-5-4-10-20(11,18)19/h9,11H,1-8,10H2,(H2,14,15,17)/t11-/m1/s1. The summed E-state index contributed by atoms with van der Waals surface area (Å²) in [5, 5.41) is 4.84. The van der Waals surface area contributed by atoms with Crippen molar-refractivity contribution >= 4 is 22.2 Å². The second kappa shape index (κ2) is 6.11. The van der Waals surface area contributed by atoms with E-state index >= 15 is 0 Å². The summed E-state index contributed by atoms with van der Waals surface area (Å²) in [7, 11) is -3.12. The third-order valence-electron chi connectivity index (χ3n) is 4.40. The molecule has 20 heavy (non-hydrogen) atoms. The number of amides is 2. The maximum atomic E-state index is 12.2. The Kier molecular flexibility index (Phi) is 4.67. The van der Waals surface area contributed by atoms with E-state index in [4.69, 9.17) is 0 Å². The van der Waals surface area contributed by atoms with Crippen LogP contribution in [0.1, 0.15) is 44.9 Å². The molecule has 114 valence electrons. The average molecular weight is 302 g/mol. The van der Waals surface area contributed by atoms with Gasteiger partial charge >= 0.3 is 6.03 Å². The Labute approximate surface area is 119 Å². The molecule has 7 heteroatoms. The number of aldehydes is 1. The van der Waals surface area contributed by atoms with Crippen LogP contribution in [0.5, 0.6) is 0 Å². The van der Waals surface area contributed by atoms with Crippen molar-refractivity contribution in [2.24, 2.45) is 0 Å². The molecule has 0 unspecified atom stereocenters. The maximum Gasteiger partial charge on any atom is 0.315 e. The van der Waals surface area contributed by atoms with E-state index in [0.29, 0.717) is 32.0 Å². The molecule has 1 saturated heterocycles. The quantitative estimate of drug-likeness (QED) is 0.750. The first kappa shape index (κ1) is 15.3. The third kappa shape index (κ3) is 3.13. The summed E-state index contributed by atoms with van der Waals surface area (Å²) in [6, 6.07) is -0.443. The van der Waals surface area contributed by atoms with E-state index in [1.807, 2.05) is 0 Å². The van der Waals surface area contributed by atoms with E-state index < -0.39 is 26.7 Å². The SMILES string of the molecule is O=CCNC(=O)NC1([C@H]2CCCS2(=O)=O)CCCCC1. The number of carbonyl (C=O) groups excluding carboxylic acids is 2. The number of rotatable bonds is 4. The van der Waals surface area contributed by atoms with Gasteiger partial charge in [-0.25, -0.2) is 13.2 Å². The molecule has 1 aliphatic heterocycles. The topological polar surface area (TPSA) is 92.3 Å². The molecular formula is C13H22N2O4S. The van der Waals surface area contributed by atoms with E-state index in [2.05, 4.69) is 10.6 Å². The minimum absolute atomic E-state index is 0.0562. The first-order valence-corrected chi connectivity index (χ1v) is 8.93. The van der Waals surface area contributed by atoms with Gasteiger partial charge in [0.2, 0.25) is 0 Å². The minimum atomic E-state index is -3.12. The summed E-state index contributed by atoms with van der Waals surface area (Å²) in [5.41, 5.74) is -0.652. The highest BCUT2D eigenvalue weighted by molar-refractivity contribution is 7.92. The molecule has 1 aliphatic carbocycles. The Morgan fingerprint density at radius 3 is 2.45 bits per heavy atom. The van der Waals surface area contributed by atoms with Crippen LogP contribution in [0, 0.1) is 0 Å². The predicted molar refractivity (Wildman–Crippen MR) is 75.2 cm³/mol. The molecule has 1 atom stereocenters. The van der Waals surface area contributed by atoms with Crippen molar-refractivity contribution in [3.05, 3.63) is 0 Å². The molecular weight excluding hydrogens is 280 g/mol. The lowest BCUT2D eigenvalue weighted by molar-refractivity contribution is -0.107. The Bertz CT molecular complexity index is 469. The molecule has 2 amide bonds. The molecule has 2 N–H and O–H groups in total. The Morgan fingerprint density at radius 2 is 1.90 bits per heavy atom. The highest BCUT2D eigenvalue weighted by Crippen LogP contribution is 2.39. The summed E-state index contributed by atoms with van der Waals surface area (Å²) >= 11 is 0. The van der Waals surface area contributed by atoms with Gasteiger partial charge in [0, 0.05) is 0 Å². The number of urea groups is 1. The molecule has 0 spiro atoms. The summed E-state index contributed by atoms with van der Waals surface area (Å²) in [5.74, 6) is 0.219. The second-order valence-electron chi connectivity index (χ2n) is 5.72. The van der Waals surface area contributed by atoms with Gasteiger partial charge in [-0.1, -0.05) is 19.3 Å². The minimum Gasteiger partial charge on any atom is -0.331 e. The van der Waals surface area contributed by atoms with E-state index in [1.165, 1.54) is 0 Å². The highest BCUT2D eigenvalue weighted by Gasteiger charge is 2.49. The van der Waals surface area contributed by atoms with Crippen LogP contribution in [0.4, 0.5) is 4.79 Å². The van der Waals surface area contributed by atoms with Gasteiger partial charge in [-0.05, 0) is 25.7 Å². The van der Waals surface area contributed by atoms with Crippen molar-refractivity contribution in [3.63, 3.8) is 0 Å². The van der Waals surface area contributed by atoms with Gasteiger partial charge in [-0.3, -0.25) is 0 Å². The molecule has 0 radical (unpaired) electrons. The molecule has 0 aromatic rings. The van der Waals surface area contributed by atoms with Crippen LogP contribution < -0.4 is 10.6 Å². The zero-order chi connectivity index (χ0) is 14.6. The molecule has 0 bridgehead atoms. The normalized spacial score (nSPS) is 27.7. The first-order chi connectivity index (χ1) is 9.50. The van der Waals surface area contributed by atoms with Crippen molar-refractivity contribution in [1.29, 1.82) is 0 Å². The van der Waals surface area contributed by atoms with Crippen LogP contribution in [0.15, 0.2) is 0 Å². The summed E-state index contributed by atoms with van der Waals surface area (Å²) in [4.78, 5) is 22.2. The Hall–Kier alpha value is -1.11. The van der Waals surface area contributed by atoms with E-state index in [-0.39, 0.29) is 12.3 Å². The van der Waals surface area contributed by atoms with Crippen molar-refractivity contribution < 1.29 is 18.0 Å². The largest absolute Gasteiger partial charge is 0.331 e.